The predicted octanol–water partition coefficient (Wildman–Crippen LogP) is 7.39. The van der Waals surface area contributed by atoms with E-state index < -0.39 is 6.61 Å². The van der Waals surface area contributed by atoms with Gasteiger partial charge in [0.2, 0.25) is 5.91 Å². The minimum atomic E-state index is -2.92. The quantitative estimate of drug-likeness (QED) is 0.138. The molecular weight excluding hydrogens is 705 g/mol. The summed E-state index contributed by atoms with van der Waals surface area (Å²) in [5, 5.41) is 9.18. The van der Waals surface area contributed by atoms with Gasteiger partial charge in [-0.2, -0.15) is 23.8 Å². The minimum Gasteiger partial charge on any atom is -0.486 e. The lowest BCUT2D eigenvalue weighted by atomic mass is 9.72. The molecule has 55 heavy (non-hydrogen) atoms. The van der Waals surface area contributed by atoms with Crippen molar-refractivity contribution < 1.29 is 27.8 Å². The van der Waals surface area contributed by atoms with E-state index in [4.69, 9.17) is 19.4 Å². The first kappa shape index (κ1) is 36.4. The molecule has 8 rings (SSSR count). The predicted molar refractivity (Wildman–Crippen MR) is 209 cm³/mol. The van der Waals surface area contributed by atoms with Crippen molar-refractivity contribution in [3.63, 3.8) is 0 Å². The number of benzene rings is 3. The van der Waals surface area contributed by atoms with Crippen molar-refractivity contribution in [1.82, 2.24) is 30.0 Å². The third kappa shape index (κ3) is 7.20. The summed E-state index contributed by atoms with van der Waals surface area (Å²) in [7, 11) is 2.11. The van der Waals surface area contributed by atoms with Gasteiger partial charge in [0, 0.05) is 61.0 Å². The van der Waals surface area contributed by atoms with Gasteiger partial charge in [-0.05, 0) is 92.2 Å². The number of carbonyl (C=O) groups is 1. The van der Waals surface area contributed by atoms with Crippen LogP contribution in [-0.4, -0.2) is 94.9 Å². The van der Waals surface area contributed by atoms with Crippen LogP contribution < -0.4 is 19.1 Å². The molecule has 1 N–H and O–H groups in total. The van der Waals surface area contributed by atoms with Crippen LogP contribution in [0.15, 0.2) is 67.9 Å². The Morgan fingerprint density at radius 3 is 2.45 bits per heavy atom. The molecule has 3 saturated heterocycles. The number of alkyl halides is 2. The largest absolute Gasteiger partial charge is 0.486 e. The molecule has 13 heteroatoms. The molecular formula is C42H45F2N7O4. The van der Waals surface area contributed by atoms with Crippen LogP contribution in [-0.2, 0) is 11.4 Å². The van der Waals surface area contributed by atoms with Crippen molar-refractivity contribution in [1.29, 1.82) is 0 Å². The second kappa shape index (κ2) is 14.9. The van der Waals surface area contributed by atoms with Crippen molar-refractivity contribution in [2.75, 3.05) is 51.2 Å². The highest BCUT2D eigenvalue weighted by atomic mass is 19.3. The zero-order valence-electron chi connectivity index (χ0n) is 31.2. The van der Waals surface area contributed by atoms with E-state index in [9.17, 15) is 13.6 Å². The van der Waals surface area contributed by atoms with Crippen molar-refractivity contribution >= 4 is 39.6 Å². The van der Waals surface area contributed by atoms with Crippen LogP contribution in [0.1, 0.15) is 42.4 Å². The lowest BCUT2D eigenvalue weighted by molar-refractivity contribution is -0.139. The van der Waals surface area contributed by atoms with Gasteiger partial charge in [-0.15, -0.1) is 0 Å². The highest BCUT2D eigenvalue weighted by Gasteiger charge is 2.46. The Hall–Kier alpha value is -5.56. The number of rotatable bonds is 11. The number of carbonyl (C=O) groups excluding carboxylic acids is 1. The summed E-state index contributed by atoms with van der Waals surface area (Å²) in [5.74, 6) is 1.33. The molecule has 0 aliphatic carbocycles. The lowest BCUT2D eigenvalue weighted by Crippen LogP contribution is -2.61. The summed E-state index contributed by atoms with van der Waals surface area (Å²) < 4.78 is 43.9. The Balaban J connectivity index is 1.26. The van der Waals surface area contributed by atoms with Gasteiger partial charge in [0.1, 0.15) is 29.8 Å². The average Bonchev–Trinajstić information content (AvgIpc) is 3.66. The summed E-state index contributed by atoms with van der Waals surface area (Å²) >= 11 is 0. The molecule has 0 bridgehead atoms. The van der Waals surface area contributed by atoms with Crippen LogP contribution in [0, 0.1) is 12.3 Å². The molecule has 286 valence electrons. The number of halogens is 2. The fourth-order valence-electron chi connectivity index (χ4n) is 8.26. The summed E-state index contributed by atoms with van der Waals surface area (Å²) in [6, 6.07) is 12.9. The Kier molecular flexibility index (Phi) is 9.89. The highest BCUT2D eigenvalue weighted by molar-refractivity contribution is 6.07. The Labute approximate surface area is 318 Å². The van der Waals surface area contributed by atoms with Crippen LogP contribution in [0.25, 0.3) is 39.0 Å². The molecule has 1 amide bonds. The zero-order valence-corrected chi connectivity index (χ0v) is 31.2. The van der Waals surface area contributed by atoms with E-state index in [1.54, 1.807) is 12.1 Å². The third-order valence-electron chi connectivity index (χ3n) is 11.4. The van der Waals surface area contributed by atoms with E-state index in [1.165, 1.54) is 18.2 Å². The van der Waals surface area contributed by atoms with Gasteiger partial charge in [0.05, 0.1) is 11.7 Å². The number of fused-ring (bicyclic) bond motifs is 2. The van der Waals surface area contributed by atoms with E-state index in [1.807, 2.05) is 29.3 Å². The molecule has 5 aromatic rings. The van der Waals surface area contributed by atoms with Gasteiger partial charge in [-0.3, -0.25) is 9.89 Å². The van der Waals surface area contributed by atoms with Crippen LogP contribution in [0.5, 0.6) is 17.5 Å². The molecule has 5 heterocycles. The standard InChI is InChI=1S/C42H45F2N7O4/c1-5-28-21-31-37(38(53-23-27-8-10-29(11-9-27)54-40(43)44)36(28)35-26(3)7-12-33-32(35)22-45-48-33)46-41(55-30-13-17-49(4)18-14-30)47-39(31)50-19-15-42(16-20-50)24-51(25-42)34(52)6-2/h5-12,21-22,30,40H,1-2,13-20,23-25H2,3-4H3,(H,45,48). The molecule has 0 atom stereocenters. The second-order valence-corrected chi connectivity index (χ2v) is 15.0. The Bertz CT molecular complexity index is 2230. The second-order valence-electron chi connectivity index (χ2n) is 15.0. The van der Waals surface area contributed by atoms with Crippen molar-refractivity contribution in [3.8, 4) is 28.6 Å². The number of H-pyrrole nitrogens is 1. The number of aromatic amines is 1. The maximum absolute atomic E-state index is 12.9. The van der Waals surface area contributed by atoms with E-state index in [0.29, 0.717) is 11.3 Å². The van der Waals surface area contributed by atoms with Crippen LogP contribution >= 0.6 is 0 Å². The molecule has 3 aromatic carbocycles. The van der Waals surface area contributed by atoms with Gasteiger partial charge in [0.25, 0.3) is 0 Å². The van der Waals surface area contributed by atoms with Gasteiger partial charge in [0.15, 0.2) is 5.75 Å². The van der Waals surface area contributed by atoms with Crippen LogP contribution in [0.2, 0.25) is 0 Å². The first-order valence-corrected chi connectivity index (χ1v) is 18.8. The summed E-state index contributed by atoms with van der Waals surface area (Å²) in [4.78, 5) is 29.0. The molecule has 3 aliphatic heterocycles. The first-order chi connectivity index (χ1) is 26.6. The van der Waals surface area contributed by atoms with Crippen molar-refractivity contribution in [2.45, 2.75) is 51.9 Å². The molecule has 2 aromatic heterocycles. The maximum Gasteiger partial charge on any atom is 0.387 e. The number of ether oxygens (including phenoxy) is 3. The molecule has 0 unspecified atom stereocenters. The van der Waals surface area contributed by atoms with Crippen molar-refractivity contribution in [3.05, 3.63) is 84.6 Å². The number of hydrogen-bond acceptors (Lipinski definition) is 9. The minimum absolute atomic E-state index is 0.0235. The fraction of sp³-hybridized carbons (Fsp3) is 0.381. The summed E-state index contributed by atoms with van der Waals surface area (Å²) in [5.41, 5.74) is 5.88. The molecule has 3 fully saturated rings. The number of amides is 1. The van der Waals surface area contributed by atoms with E-state index in [0.717, 1.165) is 115 Å². The van der Waals surface area contributed by atoms with Crippen LogP contribution in [0.4, 0.5) is 14.6 Å². The normalized spacial score (nSPS) is 17.5. The monoisotopic (exact) mass is 749 g/mol. The SMILES string of the molecule is C=CC(=O)N1CC2(CCN(c3nc(OC4CCN(C)CC4)nc4c(OCc5ccc(OC(F)F)cc5)c(-c5c(C)ccc6[nH]ncc56)c(C=C)cc34)CC2)C1. The molecule has 1 spiro atoms. The highest BCUT2D eigenvalue weighted by Crippen LogP contribution is 2.48. The number of nitrogens with one attached hydrogen (secondary N) is 1. The van der Waals surface area contributed by atoms with E-state index in [-0.39, 0.29) is 35.8 Å². The van der Waals surface area contributed by atoms with Gasteiger partial charge in [-0.1, -0.05) is 37.4 Å². The first-order valence-electron chi connectivity index (χ1n) is 18.8. The third-order valence-corrected chi connectivity index (χ3v) is 11.4. The zero-order chi connectivity index (χ0) is 38.3. The van der Waals surface area contributed by atoms with Gasteiger partial charge >= 0.3 is 12.6 Å². The van der Waals surface area contributed by atoms with E-state index >= 15 is 0 Å². The number of likely N-dealkylation sites (tertiary alicyclic amines) is 2. The Morgan fingerprint density at radius 1 is 1.02 bits per heavy atom. The van der Waals surface area contributed by atoms with Crippen molar-refractivity contribution in [2.24, 2.45) is 5.41 Å². The molecule has 11 nitrogen and oxygen atoms in total. The average molecular weight is 750 g/mol. The lowest BCUT2D eigenvalue weighted by Gasteiger charge is -2.54. The van der Waals surface area contributed by atoms with Gasteiger partial charge in [-0.25, -0.2) is 0 Å². The molecule has 0 radical (unpaired) electrons. The molecule has 0 saturated carbocycles. The number of aryl methyl sites for hydroxylation is 1. The van der Waals surface area contributed by atoms with Gasteiger partial charge < -0.3 is 28.9 Å². The summed E-state index contributed by atoms with van der Waals surface area (Å²) in [6.45, 7) is 12.0. The number of hydrogen-bond donors (Lipinski definition) is 1. The topological polar surface area (TPSA) is 109 Å². The smallest absolute Gasteiger partial charge is 0.387 e. The van der Waals surface area contributed by atoms with Crippen LogP contribution in [0.3, 0.4) is 0 Å². The number of aromatic nitrogens is 4. The fourth-order valence-corrected chi connectivity index (χ4v) is 8.26. The number of nitrogens with zero attached hydrogens (tertiary/aromatic N) is 6. The number of piperidine rings is 2. The van der Waals surface area contributed by atoms with E-state index in [2.05, 4.69) is 57.9 Å². The maximum atomic E-state index is 12.9. The Morgan fingerprint density at radius 2 is 1.76 bits per heavy atom. The summed E-state index contributed by atoms with van der Waals surface area (Å²) in [6.07, 6.45) is 8.52. The number of anilines is 1. The molecule has 3 aliphatic rings.